The Labute approximate surface area is 109 Å². The van der Waals surface area contributed by atoms with Crippen molar-refractivity contribution in [3.8, 4) is 0 Å². The van der Waals surface area contributed by atoms with Crippen LogP contribution in [-0.4, -0.2) is 30.4 Å². The molecule has 2 saturated carbocycles. The Morgan fingerprint density at radius 1 is 1.39 bits per heavy atom. The Balaban J connectivity index is 2.11. The molecule has 2 bridgehead atoms. The highest BCUT2D eigenvalue weighted by Gasteiger charge is 2.72. The summed E-state index contributed by atoms with van der Waals surface area (Å²) < 4.78 is 25.9. The summed E-state index contributed by atoms with van der Waals surface area (Å²) in [5.41, 5.74) is -0.130. The molecule has 18 heavy (non-hydrogen) atoms. The Bertz CT molecular complexity index is 510. The first-order valence-corrected chi connectivity index (χ1v) is 8.42. The number of carbonyl (C=O) groups is 1. The highest BCUT2D eigenvalue weighted by Crippen LogP contribution is 2.69. The van der Waals surface area contributed by atoms with Crippen LogP contribution in [-0.2, 0) is 14.8 Å². The maximum Gasteiger partial charge on any atom is 0.238 e. The highest BCUT2D eigenvalue weighted by atomic mass is 32.2. The average molecular weight is 271 g/mol. The third-order valence-electron chi connectivity index (χ3n) is 5.96. The van der Waals surface area contributed by atoms with E-state index in [0.29, 0.717) is 5.92 Å². The maximum absolute atomic E-state index is 12.4. The zero-order chi connectivity index (χ0) is 13.3. The third kappa shape index (κ3) is 1.17. The fourth-order valence-electron chi connectivity index (χ4n) is 4.77. The number of hydrogen-bond acceptors (Lipinski definition) is 3. The fraction of sp³-hybridized carbons (Fsp3) is 0.923. The second kappa shape index (κ2) is 3.30. The quantitative estimate of drug-likeness (QED) is 0.730. The monoisotopic (exact) mass is 271 g/mol. The van der Waals surface area contributed by atoms with Crippen molar-refractivity contribution in [3.63, 3.8) is 0 Å². The normalized spacial score (nSPS) is 43.2. The molecule has 3 rings (SSSR count). The summed E-state index contributed by atoms with van der Waals surface area (Å²) >= 11 is 0. The Kier molecular flexibility index (Phi) is 2.28. The van der Waals surface area contributed by atoms with Crippen molar-refractivity contribution < 1.29 is 13.2 Å². The molecule has 0 aromatic heterocycles. The van der Waals surface area contributed by atoms with Gasteiger partial charge in [-0.25, -0.2) is 12.7 Å². The second-order valence-electron chi connectivity index (χ2n) is 6.66. The van der Waals surface area contributed by atoms with Crippen LogP contribution >= 0.6 is 0 Å². The van der Waals surface area contributed by atoms with Gasteiger partial charge >= 0.3 is 0 Å². The topological polar surface area (TPSA) is 54.5 Å². The number of amides is 1. The molecular formula is C13H21NO3S. The summed E-state index contributed by atoms with van der Waals surface area (Å²) in [5, 5.41) is 0. The van der Waals surface area contributed by atoms with Gasteiger partial charge in [-0.2, -0.15) is 0 Å². The van der Waals surface area contributed by atoms with E-state index in [0.717, 1.165) is 19.3 Å². The smallest absolute Gasteiger partial charge is 0.238 e. The number of sulfonamides is 1. The summed E-state index contributed by atoms with van der Waals surface area (Å²) in [5.74, 6) is 0.533. The lowest BCUT2D eigenvalue weighted by Crippen LogP contribution is -2.43. The Morgan fingerprint density at radius 3 is 2.61 bits per heavy atom. The minimum Gasteiger partial charge on any atom is -0.274 e. The molecule has 1 amide bonds. The van der Waals surface area contributed by atoms with E-state index in [1.165, 1.54) is 4.31 Å². The molecule has 1 heterocycles. The Morgan fingerprint density at radius 2 is 2.06 bits per heavy atom. The van der Waals surface area contributed by atoms with Crippen LogP contribution in [0.5, 0.6) is 0 Å². The van der Waals surface area contributed by atoms with Gasteiger partial charge in [0.15, 0.2) is 0 Å². The summed E-state index contributed by atoms with van der Waals surface area (Å²) in [4.78, 5) is 12.0. The molecule has 3 atom stereocenters. The standard InChI is InChI=1S/C13H21NO3S/c1-4-11(15)14-10-7-9-5-6-13(10,12(9,2)3)8-18(14,16)17/h9-10H,4-8H2,1-3H3/t9-,10+,13-/m0/s1. The van der Waals surface area contributed by atoms with E-state index >= 15 is 0 Å². The van der Waals surface area contributed by atoms with Crippen molar-refractivity contribution in [2.24, 2.45) is 16.7 Å². The summed E-state index contributed by atoms with van der Waals surface area (Å²) in [6.07, 6.45) is 3.23. The zero-order valence-corrected chi connectivity index (χ0v) is 12.1. The fourth-order valence-corrected chi connectivity index (χ4v) is 7.39. The van der Waals surface area contributed by atoms with Gasteiger partial charge in [0.1, 0.15) is 0 Å². The lowest BCUT2D eigenvalue weighted by molar-refractivity contribution is -0.128. The summed E-state index contributed by atoms with van der Waals surface area (Å²) in [6.45, 7) is 6.13. The molecule has 0 N–H and O–H groups in total. The van der Waals surface area contributed by atoms with Crippen molar-refractivity contribution in [3.05, 3.63) is 0 Å². The minimum atomic E-state index is -3.39. The first-order chi connectivity index (χ1) is 8.26. The average Bonchev–Trinajstić information content (AvgIpc) is 2.74. The molecule has 102 valence electrons. The van der Waals surface area contributed by atoms with Crippen molar-refractivity contribution in [2.75, 3.05) is 5.75 Å². The van der Waals surface area contributed by atoms with Crippen LogP contribution in [0.15, 0.2) is 0 Å². The third-order valence-corrected chi connectivity index (χ3v) is 7.90. The van der Waals surface area contributed by atoms with Gasteiger partial charge in [-0.15, -0.1) is 0 Å². The molecule has 2 aliphatic carbocycles. The molecule has 1 aliphatic heterocycles. The van der Waals surface area contributed by atoms with E-state index in [1.807, 2.05) is 0 Å². The van der Waals surface area contributed by atoms with Crippen LogP contribution in [0.4, 0.5) is 0 Å². The van der Waals surface area contributed by atoms with E-state index in [4.69, 9.17) is 0 Å². The largest absolute Gasteiger partial charge is 0.274 e. The predicted molar refractivity (Wildman–Crippen MR) is 68.3 cm³/mol. The first kappa shape index (κ1) is 12.5. The number of carbonyl (C=O) groups excluding carboxylic acids is 1. The predicted octanol–water partition coefficient (Wildman–Crippen LogP) is 1.76. The van der Waals surface area contributed by atoms with Gasteiger partial charge in [0.2, 0.25) is 15.9 Å². The van der Waals surface area contributed by atoms with Gasteiger partial charge in [-0.1, -0.05) is 20.8 Å². The number of fused-ring (bicyclic) bond motifs is 1. The summed E-state index contributed by atoms with van der Waals surface area (Å²) in [7, 11) is -3.39. The van der Waals surface area contributed by atoms with E-state index in [9.17, 15) is 13.2 Å². The molecule has 0 aromatic carbocycles. The number of hydrogen-bond donors (Lipinski definition) is 0. The van der Waals surface area contributed by atoms with E-state index in [2.05, 4.69) is 13.8 Å². The van der Waals surface area contributed by atoms with Gasteiger partial charge in [0.05, 0.1) is 11.8 Å². The van der Waals surface area contributed by atoms with E-state index in [1.54, 1.807) is 6.92 Å². The molecule has 0 aromatic rings. The molecule has 5 heteroatoms. The van der Waals surface area contributed by atoms with Crippen LogP contribution in [0, 0.1) is 16.7 Å². The Hall–Kier alpha value is -0.580. The zero-order valence-electron chi connectivity index (χ0n) is 11.3. The van der Waals surface area contributed by atoms with Crippen LogP contribution in [0.25, 0.3) is 0 Å². The van der Waals surface area contributed by atoms with Crippen molar-refractivity contribution >= 4 is 15.9 Å². The molecule has 1 saturated heterocycles. The molecule has 3 aliphatic rings. The molecule has 1 spiro atoms. The molecule has 4 nitrogen and oxygen atoms in total. The minimum absolute atomic E-state index is 0.0491. The summed E-state index contributed by atoms with van der Waals surface area (Å²) in [6, 6.07) is -0.0660. The molecular weight excluding hydrogens is 250 g/mol. The van der Waals surface area contributed by atoms with Crippen molar-refractivity contribution in [2.45, 2.75) is 52.5 Å². The maximum atomic E-state index is 12.4. The van der Waals surface area contributed by atoms with Gasteiger partial charge in [-0.05, 0) is 30.6 Å². The SMILES string of the molecule is CCC(=O)N1[C@@H]2C[C@@H]3CC[C@@]2(CS1(=O)=O)C3(C)C. The van der Waals surface area contributed by atoms with E-state index in [-0.39, 0.29) is 35.0 Å². The van der Waals surface area contributed by atoms with Crippen LogP contribution < -0.4 is 0 Å². The second-order valence-corrected chi connectivity index (χ2v) is 8.51. The van der Waals surface area contributed by atoms with Crippen LogP contribution in [0.3, 0.4) is 0 Å². The molecule has 0 unspecified atom stereocenters. The van der Waals surface area contributed by atoms with Crippen molar-refractivity contribution in [1.29, 1.82) is 0 Å². The lowest BCUT2D eigenvalue weighted by Gasteiger charge is -2.37. The van der Waals surface area contributed by atoms with E-state index < -0.39 is 10.0 Å². The highest BCUT2D eigenvalue weighted by molar-refractivity contribution is 7.90. The first-order valence-electron chi connectivity index (χ1n) is 6.81. The van der Waals surface area contributed by atoms with Crippen LogP contribution in [0.2, 0.25) is 0 Å². The van der Waals surface area contributed by atoms with Gasteiger partial charge in [0.25, 0.3) is 0 Å². The van der Waals surface area contributed by atoms with Gasteiger partial charge < -0.3 is 0 Å². The number of rotatable bonds is 1. The number of nitrogens with zero attached hydrogens (tertiary/aromatic N) is 1. The molecule has 0 radical (unpaired) electrons. The van der Waals surface area contributed by atoms with Gasteiger partial charge in [0, 0.05) is 11.8 Å². The lowest BCUT2D eigenvalue weighted by atomic mass is 9.69. The molecule has 3 fully saturated rings. The van der Waals surface area contributed by atoms with Gasteiger partial charge in [-0.3, -0.25) is 4.79 Å². The van der Waals surface area contributed by atoms with Crippen molar-refractivity contribution in [1.82, 2.24) is 4.31 Å². The van der Waals surface area contributed by atoms with Crippen LogP contribution in [0.1, 0.15) is 46.5 Å².